The normalized spacial score (nSPS) is 12.1. The van der Waals surface area contributed by atoms with E-state index in [1.165, 1.54) is 19.2 Å². The minimum atomic E-state index is -4.38. The molecule has 18 heavy (non-hydrogen) atoms. The lowest BCUT2D eigenvalue weighted by Crippen LogP contribution is -2.04. The average molecular weight is 313 g/mol. The van der Waals surface area contributed by atoms with E-state index < -0.39 is 11.7 Å². The van der Waals surface area contributed by atoms with E-state index in [9.17, 15) is 13.2 Å². The second-order valence-corrected chi connectivity index (χ2v) is 5.98. The Morgan fingerprint density at radius 3 is 2.50 bits per heavy atom. The van der Waals surface area contributed by atoms with Gasteiger partial charge in [-0.2, -0.15) is 13.2 Å². The first-order valence-electron chi connectivity index (χ1n) is 4.79. The van der Waals surface area contributed by atoms with Gasteiger partial charge in [0.15, 0.2) is 0 Å². The molecule has 0 amide bonds. The highest BCUT2D eigenvalue weighted by Gasteiger charge is 2.37. The van der Waals surface area contributed by atoms with Gasteiger partial charge in [-0.05, 0) is 18.4 Å². The second-order valence-electron chi connectivity index (χ2n) is 3.45. The molecule has 1 aromatic carbocycles. The molecule has 1 heterocycles. The Bertz CT molecular complexity index is 592. The van der Waals surface area contributed by atoms with Crippen molar-refractivity contribution >= 4 is 44.8 Å². The zero-order chi connectivity index (χ0) is 13.5. The highest BCUT2D eigenvalue weighted by molar-refractivity contribution is 8.00. The Hall–Kier alpha value is -0.590. The fraction of sp³-hybridized carbons (Fsp3) is 0.273. The molecular formula is C11H8ClF3OS2. The van der Waals surface area contributed by atoms with Crippen molar-refractivity contribution in [2.24, 2.45) is 0 Å². The molecule has 98 valence electrons. The summed E-state index contributed by atoms with van der Waals surface area (Å²) >= 11 is 8.06. The van der Waals surface area contributed by atoms with Crippen molar-refractivity contribution in [3.05, 3.63) is 22.7 Å². The minimum Gasteiger partial charge on any atom is -0.495 e. The van der Waals surface area contributed by atoms with Crippen LogP contribution in [-0.4, -0.2) is 13.4 Å². The molecule has 2 aromatic rings. The fourth-order valence-electron chi connectivity index (χ4n) is 1.64. The maximum Gasteiger partial charge on any atom is 0.418 e. The maximum absolute atomic E-state index is 13.0. The van der Waals surface area contributed by atoms with Gasteiger partial charge < -0.3 is 4.74 Å². The van der Waals surface area contributed by atoms with Crippen LogP contribution in [0.4, 0.5) is 13.2 Å². The molecule has 0 saturated carbocycles. The van der Waals surface area contributed by atoms with Crippen LogP contribution in [0.1, 0.15) is 5.56 Å². The third-order valence-electron chi connectivity index (χ3n) is 2.40. The van der Waals surface area contributed by atoms with Gasteiger partial charge in [-0.3, -0.25) is 0 Å². The first-order valence-corrected chi connectivity index (χ1v) is 7.21. The SMILES string of the molecule is COc1cc2sc(SC)c(C(F)(F)F)c2cc1Cl. The van der Waals surface area contributed by atoms with Gasteiger partial charge in [-0.15, -0.1) is 23.1 Å². The van der Waals surface area contributed by atoms with E-state index in [0.29, 0.717) is 10.4 Å². The molecule has 0 N–H and O–H groups in total. The third kappa shape index (κ3) is 2.29. The zero-order valence-corrected chi connectivity index (χ0v) is 11.8. The Labute approximate surface area is 115 Å². The summed E-state index contributed by atoms with van der Waals surface area (Å²) in [6, 6.07) is 2.85. The summed E-state index contributed by atoms with van der Waals surface area (Å²) in [4.78, 5) is 0. The number of halogens is 4. The van der Waals surface area contributed by atoms with Crippen LogP contribution in [0.5, 0.6) is 5.75 Å². The number of alkyl halides is 3. The van der Waals surface area contributed by atoms with Crippen molar-refractivity contribution in [3.8, 4) is 5.75 Å². The first-order chi connectivity index (χ1) is 8.38. The molecule has 0 bridgehead atoms. The molecule has 1 aromatic heterocycles. The van der Waals surface area contributed by atoms with Crippen molar-refractivity contribution in [1.82, 2.24) is 0 Å². The van der Waals surface area contributed by atoms with Crippen molar-refractivity contribution in [3.63, 3.8) is 0 Å². The summed E-state index contributed by atoms with van der Waals surface area (Å²) < 4.78 is 44.9. The minimum absolute atomic E-state index is 0.127. The summed E-state index contributed by atoms with van der Waals surface area (Å²) in [5.74, 6) is 0.381. The van der Waals surface area contributed by atoms with E-state index in [4.69, 9.17) is 16.3 Å². The largest absolute Gasteiger partial charge is 0.495 e. The Morgan fingerprint density at radius 2 is 2.00 bits per heavy atom. The van der Waals surface area contributed by atoms with E-state index in [-0.39, 0.29) is 14.6 Å². The smallest absolute Gasteiger partial charge is 0.418 e. The predicted octanol–water partition coefficient (Wildman–Crippen LogP) is 5.30. The molecule has 0 aliphatic carbocycles. The van der Waals surface area contributed by atoms with Crippen molar-refractivity contribution in [2.45, 2.75) is 10.4 Å². The predicted molar refractivity (Wildman–Crippen MR) is 70.2 cm³/mol. The fourth-order valence-corrected chi connectivity index (χ4v) is 3.88. The Morgan fingerprint density at radius 1 is 1.33 bits per heavy atom. The molecule has 0 fully saturated rings. The van der Waals surface area contributed by atoms with Crippen LogP contribution in [0.25, 0.3) is 10.1 Å². The number of thiophene rings is 1. The number of ether oxygens (including phenoxy) is 1. The quantitative estimate of drug-likeness (QED) is 0.695. The van der Waals surface area contributed by atoms with Gasteiger partial charge in [0.25, 0.3) is 0 Å². The standard InChI is InChI=1S/C11H8ClF3OS2/c1-16-7-4-8-5(3-6(7)12)9(11(13,14)15)10(17-2)18-8/h3-4H,1-2H3. The van der Waals surface area contributed by atoms with E-state index >= 15 is 0 Å². The first kappa shape index (κ1) is 13.8. The van der Waals surface area contributed by atoms with Crippen molar-refractivity contribution in [2.75, 3.05) is 13.4 Å². The highest BCUT2D eigenvalue weighted by Crippen LogP contribution is 2.48. The summed E-state index contributed by atoms with van der Waals surface area (Å²) in [6.07, 6.45) is -2.76. The van der Waals surface area contributed by atoms with Crippen molar-refractivity contribution < 1.29 is 17.9 Å². The molecule has 0 unspecified atom stereocenters. The molecule has 1 nitrogen and oxygen atoms in total. The van der Waals surface area contributed by atoms with Crippen LogP contribution in [0.2, 0.25) is 5.02 Å². The van der Waals surface area contributed by atoms with Gasteiger partial charge in [-0.1, -0.05) is 11.6 Å². The third-order valence-corrected chi connectivity index (χ3v) is 4.97. The number of benzene rings is 1. The van der Waals surface area contributed by atoms with Gasteiger partial charge in [-0.25, -0.2) is 0 Å². The average Bonchev–Trinajstić information content (AvgIpc) is 2.64. The van der Waals surface area contributed by atoms with Crippen LogP contribution in [0.3, 0.4) is 0 Å². The Balaban J connectivity index is 2.80. The van der Waals surface area contributed by atoms with Crippen molar-refractivity contribution in [1.29, 1.82) is 0 Å². The van der Waals surface area contributed by atoms with Gasteiger partial charge in [0.1, 0.15) is 5.75 Å². The van der Waals surface area contributed by atoms with Gasteiger partial charge in [0.05, 0.1) is 21.9 Å². The van der Waals surface area contributed by atoms with E-state index in [1.54, 1.807) is 6.26 Å². The number of methoxy groups -OCH3 is 1. The lowest BCUT2D eigenvalue weighted by Gasteiger charge is -2.08. The summed E-state index contributed by atoms with van der Waals surface area (Å²) in [6.45, 7) is 0. The van der Waals surface area contributed by atoms with E-state index in [1.807, 2.05) is 0 Å². The highest BCUT2D eigenvalue weighted by atomic mass is 35.5. The number of thioether (sulfide) groups is 1. The molecule has 0 atom stereocenters. The molecule has 0 aliphatic rings. The number of hydrogen-bond donors (Lipinski definition) is 0. The number of hydrogen-bond acceptors (Lipinski definition) is 3. The molecular weight excluding hydrogens is 305 g/mol. The molecule has 0 aliphatic heterocycles. The van der Waals surface area contributed by atoms with Crippen LogP contribution in [0, 0.1) is 0 Å². The lowest BCUT2D eigenvalue weighted by molar-refractivity contribution is -0.137. The summed E-state index contributed by atoms with van der Waals surface area (Å²) in [5.41, 5.74) is -0.612. The zero-order valence-electron chi connectivity index (χ0n) is 9.39. The van der Waals surface area contributed by atoms with Gasteiger partial charge in [0.2, 0.25) is 0 Å². The summed E-state index contributed by atoms with van der Waals surface area (Å²) in [7, 11) is 1.43. The topological polar surface area (TPSA) is 9.23 Å². The van der Waals surface area contributed by atoms with Crippen LogP contribution in [0.15, 0.2) is 16.3 Å². The van der Waals surface area contributed by atoms with Crippen LogP contribution in [-0.2, 0) is 6.18 Å². The van der Waals surface area contributed by atoms with E-state index in [2.05, 4.69) is 0 Å². The van der Waals surface area contributed by atoms with Crippen LogP contribution < -0.4 is 4.74 Å². The molecule has 7 heteroatoms. The van der Waals surface area contributed by atoms with Gasteiger partial charge >= 0.3 is 6.18 Å². The lowest BCUT2D eigenvalue weighted by atomic mass is 10.1. The number of fused-ring (bicyclic) bond motifs is 1. The molecule has 0 saturated heterocycles. The Kier molecular flexibility index (Phi) is 3.71. The molecule has 0 radical (unpaired) electrons. The second kappa shape index (κ2) is 4.83. The monoisotopic (exact) mass is 312 g/mol. The molecule has 2 rings (SSSR count). The summed E-state index contributed by atoms with van der Waals surface area (Å²) in [5, 5.41) is 0.309. The van der Waals surface area contributed by atoms with Crippen LogP contribution >= 0.6 is 34.7 Å². The molecule has 0 spiro atoms. The van der Waals surface area contributed by atoms with E-state index in [0.717, 1.165) is 23.1 Å². The maximum atomic E-state index is 13.0. The number of rotatable bonds is 2. The van der Waals surface area contributed by atoms with Gasteiger partial charge in [0, 0.05) is 10.1 Å².